The van der Waals surface area contributed by atoms with Gasteiger partial charge in [-0.05, 0) is 66.5 Å². The number of anilines is 1. The number of aromatic nitrogens is 1. The lowest BCUT2D eigenvalue weighted by molar-refractivity contribution is 0.0346. The van der Waals surface area contributed by atoms with Crippen LogP contribution >= 0.6 is 0 Å². The molecule has 0 bridgehead atoms. The highest BCUT2D eigenvalue weighted by molar-refractivity contribution is 5.86. The lowest BCUT2D eigenvalue weighted by Gasteiger charge is -2.31. The molecule has 0 atom stereocenters. The van der Waals surface area contributed by atoms with Crippen molar-refractivity contribution in [2.24, 2.45) is 0 Å². The van der Waals surface area contributed by atoms with E-state index in [2.05, 4.69) is 10.3 Å². The predicted octanol–water partition coefficient (Wildman–Crippen LogP) is 5.83. The Kier molecular flexibility index (Phi) is 8.67. The summed E-state index contributed by atoms with van der Waals surface area (Å²) in [5.41, 5.74) is 0.370. The predicted molar refractivity (Wildman–Crippen MR) is 116 cm³/mol. The molecule has 1 aliphatic rings. The number of hydrogen-bond acceptors (Lipinski definition) is 5. The minimum Gasteiger partial charge on any atom is -0.444 e. The Labute approximate surface area is 174 Å². The van der Waals surface area contributed by atoms with E-state index in [1.54, 1.807) is 44.0 Å². The fourth-order valence-corrected chi connectivity index (χ4v) is 2.57. The van der Waals surface area contributed by atoms with Gasteiger partial charge in [-0.2, -0.15) is 0 Å². The van der Waals surface area contributed by atoms with Crippen LogP contribution in [0.1, 0.15) is 73.8 Å². The maximum Gasteiger partial charge on any atom is 0.414 e. The third-order valence-electron chi connectivity index (χ3n) is 3.51. The molecule has 0 spiro atoms. The van der Waals surface area contributed by atoms with Crippen LogP contribution in [0, 0.1) is 0 Å². The number of amides is 2. The van der Waals surface area contributed by atoms with Crippen molar-refractivity contribution in [3.05, 3.63) is 30.0 Å². The van der Waals surface area contributed by atoms with Gasteiger partial charge in [-0.3, -0.25) is 10.2 Å². The van der Waals surface area contributed by atoms with Crippen molar-refractivity contribution in [3.63, 3.8) is 0 Å². The number of carbonyl (C=O) groups excluding carboxylic acids is 2. The Hall–Kier alpha value is -2.57. The zero-order valence-corrected chi connectivity index (χ0v) is 19.0. The van der Waals surface area contributed by atoms with Crippen LogP contribution in [-0.2, 0) is 9.47 Å². The van der Waals surface area contributed by atoms with Crippen LogP contribution in [-0.4, -0.2) is 39.8 Å². The average Bonchev–Trinajstić information content (AvgIpc) is 2.60. The molecule has 0 aromatic carbocycles. The summed E-state index contributed by atoms with van der Waals surface area (Å²) in [4.78, 5) is 30.3. The highest BCUT2D eigenvalue weighted by Crippen LogP contribution is 2.28. The summed E-state index contributed by atoms with van der Waals surface area (Å²) in [7, 11) is 0. The number of allylic oxidation sites excluding steroid dienone is 1. The highest BCUT2D eigenvalue weighted by atomic mass is 16.6. The minimum absolute atomic E-state index is 0.359. The standard InChI is InChI=1S/C20H29N3O4.C2H6/c1-19(2,3)26-17(24)22-16-13-14(10-11-21-16)15-9-7-8-12-23(15)18(25)27-20(4,5)6;1-2/h9-11,13H,7-8,12H2,1-6H3,(H,21,22,24);1-2H3. The number of carbonyl (C=O) groups is 2. The SMILES string of the molecule is CC.CC(C)(C)OC(=O)Nc1cc(C2=CCCCN2C(=O)OC(C)(C)C)ccn1. The molecule has 0 fully saturated rings. The Morgan fingerprint density at radius 3 is 2.28 bits per heavy atom. The van der Waals surface area contributed by atoms with Crippen molar-refractivity contribution in [3.8, 4) is 0 Å². The van der Waals surface area contributed by atoms with Gasteiger partial charge in [-0.15, -0.1) is 0 Å². The van der Waals surface area contributed by atoms with Crippen LogP contribution in [0.4, 0.5) is 15.4 Å². The molecule has 7 heteroatoms. The molecule has 1 aliphatic heterocycles. The van der Waals surface area contributed by atoms with Crippen LogP contribution in [0.2, 0.25) is 0 Å². The normalized spacial score (nSPS) is 14.2. The molecular weight excluding hydrogens is 370 g/mol. The zero-order chi connectivity index (χ0) is 22.2. The number of nitrogens with zero attached hydrogens (tertiary/aromatic N) is 2. The van der Waals surface area contributed by atoms with Gasteiger partial charge in [0.2, 0.25) is 0 Å². The molecule has 0 saturated heterocycles. The van der Waals surface area contributed by atoms with Crippen molar-refractivity contribution < 1.29 is 19.1 Å². The first kappa shape index (κ1) is 24.5. The van der Waals surface area contributed by atoms with E-state index >= 15 is 0 Å². The highest BCUT2D eigenvalue weighted by Gasteiger charge is 2.27. The summed E-state index contributed by atoms with van der Waals surface area (Å²) >= 11 is 0. The first-order chi connectivity index (χ1) is 13.4. The summed E-state index contributed by atoms with van der Waals surface area (Å²) in [5.74, 6) is 0.359. The van der Waals surface area contributed by atoms with Crippen LogP contribution < -0.4 is 5.32 Å². The van der Waals surface area contributed by atoms with E-state index in [4.69, 9.17) is 9.47 Å². The number of ether oxygens (including phenoxy) is 2. The van der Waals surface area contributed by atoms with Gasteiger partial charge in [0, 0.05) is 18.3 Å². The Bertz CT molecular complexity index is 730. The smallest absolute Gasteiger partial charge is 0.414 e. The van der Waals surface area contributed by atoms with Crippen molar-refractivity contribution in [1.82, 2.24) is 9.88 Å². The second-order valence-electron chi connectivity index (χ2n) is 8.42. The number of pyridine rings is 1. The van der Waals surface area contributed by atoms with E-state index in [1.807, 2.05) is 40.7 Å². The van der Waals surface area contributed by atoms with Crippen LogP contribution in [0.25, 0.3) is 5.70 Å². The molecule has 2 heterocycles. The first-order valence-electron chi connectivity index (χ1n) is 10.1. The van der Waals surface area contributed by atoms with Gasteiger partial charge < -0.3 is 9.47 Å². The van der Waals surface area contributed by atoms with Gasteiger partial charge >= 0.3 is 12.2 Å². The van der Waals surface area contributed by atoms with E-state index in [0.29, 0.717) is 12.4 Å². The second-order valence-corrected chi connectivity index (χ2v) is 8.42. The molecule has 2 rings (SSSR count). The molecule has 1 N–H and O–H groups in total. The van der Waals surface area contributed by atoms with Crippen LogP contribution in [0.15, 0.2) is 24.4 Å². The molecule has 29 heavy (non-hydrogen) atoms. The third-order valence-corrected chi connectivity index (χ3v) is 3.51. The lowest BCUT2D eigenvalue weighted by Crippen LogP contribution is -2.37. The van der Waals surface area contributed by atoms with Gasteiger partial charge in [0.05, 0.1) is 5.70 Å². The number of hydrogen-bond donors (Lipinski definition) is 1. The van der Waals surface area contributed by atoms with E-state index in [9.17, 15) is 9.59 Å². The molecular formula is C22H35N3O4. The summed E-state index contributed by atoms with van der Waals surface area (Å²) < 4.78 is 10.8. The van der Waals surface area contributed by atoms with Crippen LogP contribution in [0.5, 0.6) is 0 Å². The van der Waals surface area contributed by atoms with Gasteiger partial charge in [0.25, 0.3) is 0 Å². The maximum absolute atomic E-state index is 12.6. The van der Waals surface area contributed by atoms with Gasteiger partial charge in [0.15, 0.2) is 0 Å². The zero-order valence-electron chi connectivity index (χ0n) is 19.0. The van der Waals surface area contributed by atoms with Crippen molar-refractivity contribution >= 4 is 23.7 Å². The van der Waals surface area contributed by atoms with E-state index in [1.165, 1.54) is 0 Å². The van der Waals surface area contributed by atoms with E-state index in [0.717, 1.165) is 24.1 Å². The topological polar surface area (TPSA) is 80.8 Å². The van der Waals surface area contributed by atoms with Crippen molar-refractivity contribution in [1.29, 1.82) is 0 Å². The largest absolute Gasteiger partial charge is 0.444 e. The molecule has 0 radical (unpaired) electrons. The molecule has 0 saturated carbocycles. The molecule has 0 unspecified atom stereocenters. The van der Waals surface area contributed by atoms with Crippen LogP contribution in [0.3, 0.4) is 0 Å². The summed E-state index contributed by atoms with van der Waals surface area (Å²) in [5, 5.41) is 2.63. The second kappa shape index (κ2) is 10.3. The number of rotatable bonds is 2. The average molecular weight is 406 g/mol. The molecule has 7 nitrogen and oxygen atoms in total. The fraction of sp³-hybridized carbons (Fsp3) is 0.591. The summed E-state index contributed by atoms with van der Waals surface area (Å²) in [6.07, 6.45) is 4.37. The van der Waals surface area contributed by atoms with Crippen molar-refractivity contribution in [2.75, 3.05) is 11.9 Å². The minimum atomic E-state index is -0.596. The van der Waals surface area contributed by atoms with Gasteiger partial charge in [0.1, 0.15) is 17.0 Å². The summed E-state index contributed by atoms with van der Waals surface area (Å²) in [6.45, 7) is 15.5. The lowest BCUT2D eigenvalue weighted by atomic mass is 10.1. The molecule has 1 aromatic rings. The molecule has 2 amide bonds. The van der Waals surface area contributed by atoms with E-state index < -0.39 is 17.3 Å². The number of nitrogens with one attached hydrogen (secondary N) is 1. The van der Waals surface area contributed by atoms with E-state index in [-0.39, 0.29) is 6.09 Å². The van der Waals surface area contributed by atoms with Gasteiger partial charge in [-0.25, -0.2) is 14.6 Å². The Balaban J connectivity index is 0.00000204. The molecule has 1 aromatic heterocycles. The Morgan fingerprint density at radius 2 is 1.69 bits per heavy atom. The fourth-order valence-electron chi connectivity index (χ4n) is 2.57. The van der Waals surface area contributed by atoms with Gasteiger partial charge in [-0.1, -0.05) is 19.9 Å². The monoisotopic (exact) mass is 405 g/mol. The maximum atomic E-state index is 12.6. The Morgan fingerprint density at radius 1 is 1.07 bits per heavy atom. The first-order valence-corrected chi connectivity index (χ1v) is 10.1. The quantitative estimate of drug-likeness (QED) is 0.670. The molecule has 162 valence electrons. The summed E-state index contributed by atoms with van der Waals surface area (Å²) in [6, 6.07) is 3.52. The third kappa shape index (κ3) is 8.54. The molecule has 0 aliphatic carbocycles. The van der Waals surface area contributed by atoms with Crippen molar-refractivity contribution in [2.45, 2.75) is 79.4 Å².